The molecule has 108 valence electrons. The van der Waals surface area contributed by atoms with E-state index in [-0.39, 0.29) is 0 Å². The predicted molar refractivity (Wildman–Crippen MR) is 78.1 cm³/mol. The lowest BCUT2D eigenvalue weighted by Gasteiger charge is -2.38. The first kappa shape index (κ1) is 14.6. The highest BCUT2D eigenvalue weighted by Gasteiger charge is 2.22. The van der Waals surface area contributed by atoms with Gasteiger partial charge in [-0.15, -0.1) is 0 Å². The van der Waals surface area contributed by atoms with Crippen LogP contribution in [0.2, 0.25) is 0 Å². The van der Waals surface area contributed by atoms with Crippen molar-refractivity contribution in [2.45, 2.75) is 45.9 Å². The Balaban J connectivity index is 1.93. The zero-order valence-electron chi connectivity index (χ0n) is 12.6. The molecule has 1 aliphatic rings. The minimum atomic E-state index is 0.487. The minimum Gasteiger partial charge on any atom is -0.468 e. The van der Waals surface area contributed by atoms with E-state index in [1.165, 1.54) is 5.56 Å². The summed E-state index contributed by atoms with van der Waals surface area (Å²) in [6.07, 6.45) is 1.81. The quantitative estimate of drug-likeness (QED) is 0.881. The van der Waals surface area contributed by atoms with E-state index < -0.39 is 0 Å². The average Bonchev–Trinajstić information content (AvgIpc) is 2.77. The summed E-state index contributed by atoms with van der Waals surface area (Å²) >= 11 is 0. The summed E-state index contributed by atoms with van der Waals surface area (Å²) < 4.78 is 5.61. The van der Waals surface area contributed by atoms with Crippen molar-refractivity contribution >= 4 is 0 Å². The van der Waals surface area contributed by atoms with Crippen molar-refractivity contribution in [1.29, 1.82) is 0 Å². The van der Waals surface area contributed by atoms with Gasteiger partial charge in [-0.25, -0.2) is 0 Å². The Kier molecular flexibility index (Phi) is 5.02. The summed E-state index contributed by atoms with van der Waals surface area (Å²) in [4.78, 5) is 4.95. The standard InChI is InChI=1S/C15H27N3O/c1-12(2)16-9-15-14(5-8-19-15)11-18-7-6-17(4)10-13(18)3/h5,8,12-13,16H,6-7,9-11H2,1-4H3. The molecule has 0 spiro atoms. The van der Waals surface area contributed by atoms with Gasteiger partial charge in [0.1, 0.15) is 5.76 Å². The third kappa shape index (κ3) is 4.06. The molecule has 1 saturated heterocycles. The van der Waals surface area contributed by atoms with Crippen LogP contribution in [0.3, 0.4) is 0 Å². The molecule has 1 N–H and O–H groups in total. The molecule has 4 nitrogen and oxygen atoms in total. The van der Waals surface area contributed by atoms with Gasteiger partial charge in [-0.05, 0) is 20.0 Å². The molecule has 1 aromatic heterocycles. The average molecular weight is 265 g/mol. The Bertz CT molecular complexity index is 388. The Morgan fingerprint density at radius 3 is 2.89 bits per heavy atom. The lowest BCUT2D eigenvalue weighted by molar-refractivity contribution is 0.0932. The van der Waals surface area contributed by atoms with Crippen molar-refractivity contribution in [1.82, 2.24) is 15.1 Å². The second-order valence-electron chi connectivity index (χ2n) is 5.99. The molecule has 0 amide bonds. The highest BCUT2D eigenvalue weighted by Crippen LogP contribution is 2.17. The van der Waals surface area contributed by atoms with E-state index in [9.17, 15) is 0 Å². The van der Waals surface area contributed by atoms with Crippen LogP contribution in [-0.2, 0) is 13.1 Å². The molecule has 1 aromatic rings. The number of hydrogen-bond acceptors (Lipinski definition) is 4. The molecule has 1 aliphatic heterocycles. The molecular formula is C15H27N3O. The van der Waals surface area contributed by atoms with Gasteiger partial charge in [-0.1, -0.05) is 13.8 Å². The van der Waals surface area contributed by atoms with E-state index in [4.69, 9.17) is 4.42 Å². The second-order valence-corrected chi connectivity index (χ2v) is 5.99. The van der Waals surface area contributed by atoms with Crippen LogP contribution in [0.5, 0.6) is 0 Å². The normalized spacial score (nSPS) is 22.3. The van der Waals surface area contributed by atoms with E-state index in [0.29, 0.717) is 12.1 Å². The summed E-state index contributed by atoms with van der Waals surface area (Å²) in [5.74, 6) is 1.08. The molecule has 4 heteroatoms. The van der Waals surface area contributed by atoms with Crippen molar-refractivity contribution in [3.63, 3.8) is 0 Å². The number of nitrogens with zero attached hydrogens (tertiary/aromatic N) is 2. The van der Waals surface area contributed by atoms with Crippen LogP contribution in [0.15, 0.2) is 16.7 Å². The number of nitrogens with one attached hydrogen (secondary N) is 1. The molecule has 1 atom stereocenters. The minimum absolute atomic E-state index is 0.487. The van der Waals surface area contributed by atoms with Crippen LogP contribution in [0, 0.1) is 0 Å². The van der Waals surface area contributed by atoms with Crippen molar-refractivity contribution < 1.29 is 4.42 Å². The zero-order chi connectivity index (χ0) is 13.8. The molecule has 2 rings (SSSR count). The summed E-state index contributed by atoms with van der Waals surface area (Å²) in [5, 5.41) is 3.42. The molecule has 0 aromatic carbocycles. The fourth-order valence-corrected chi connectivity index (χ4v) is 2.59. The number of piperazine rings is 1. The number of likely N-dealkylation sites (N-methyl/N-ethyl adjacent to an activating group) is 1. The highest BCUT2D eigenvalue weighted by molar-refractivity contribution is 5.17. The van der Waals surface area contributed by atoms with Crippen LogP contribution in [-0.4, -0.2) is 48.6 Å². The Hall–Kier alpha value is -0.840. The molecule has 0 radical (unpaired) electrons. The highest BCUT2D eigenvalue weighted by atomic mass is 16.3. The predicted octanol–water partition coefficient (Wildman–Crippen LogP) is 1.91. The number of hydrogen-bond donors (Lipinski definition) is 1. The summed E-state index contributed by atoms with van der Waals surface area (Å²) in [7, 11) is 2.20. The largest absolute Gasteiger partial charge is 0.468 e. The fourth-order valence-electron chi connectivity index (χ4n) is 2.59. The second kappa shape index (κ2) is 6.55. The number of furan rings is 1. The topological polar surface area (TPSA) is 31.7 Å². The van der Waals surface area contributed by atoms with Crippen LogP contribution in [0.25, 0.3) is 0 Å². The maximum absolute atomic E-state index is 5.61. The summed E-state index contributed by atoms with van der Waals surface area (Å²) in [5.41, 5.74) is 1.32. The lowest BCUT2D eigenvalue weighted by atomic mass is 10.1. The zero-order valence-corrected chi connectivity index (χ0v) is 12.6. The van der Waals surface area contributed by atoms with E-state index in [1.54, 1.807) is 0 Å². The summed E-state index contributed by atoms with van der Waals surface area (Å²) in [6, 6.07) is 3.21. The van der Waals surface area contributed by atoms with E-state index in [1.807, 2.05) is 6.26 Å². The van der Waals surface area contributed by atoms with Gasteiger partial charge in [-0.2, -0.15) is 0 Å². The number of rotatable bonds is 5. The Morgan fingerprint density at radius 2 is 2.21 bits per heavy atom. The van der Waals surface area contributed by atoms with Gasteiger partial charge in [0, 0.05) is 43.8 Å². The first-order chi connectivity index (χ1) is 9.06. The molecule has 0 saturated carbocycles. The fraction of sp³-hybridized carbons (Fsp3) is 0.733. The van der Waals surface area contributed by atoms with Crippen molar-refractivity contribution in [2.75, 3.05) is 26.7 Å². The van der Waals surface area contributed by atoms with Crippen molar-refractivity contribution in [2.24, 2.45) is 0 Å². The first-order valence-electron chi connectivity index (χ1n) is 7.27. The Morgan fingerprint density at radius 1 is 1.42 bits per heavy atom. The summed E-state index contributed by atoms with van der Waals surface area (Å²) in [6.45, 7) is 11.9. The van der Waals surface area contributed by atoms with Gasteiger partial charge in [0.2, 0.25) is 0 Å². The van der Waals surface area contributed by atoms with Gasteiger partial charge in [0.15, 0.2) is 0 Å². The third-order valence-electron chi connectivity index (χ3n) is 3.85. The van der Waals surface area contributed by atoms with Gasteiger partial charge in [0.25, 0.3) is 0 Å². The van der Waals surface area contributed by atoms with Crippen molar-refractivity contribution in [3.05, 3.63) is 23.7 Å². The third-order valence-corrected chi connectivity index (χ3v) is 3.85. The van der Waals surface area contributed by atoms with Gasteiger partial charge in [0.05, 0.1) is 12.8 Å². The van der Waals surface area contributed by atoms with Crippen molar-refractivity contribution in [3.8, 4) is 0 Å². The molecule has 0 bridgehead atoms. The maximum atomic E-state index is 5.61. The lowest BCUT2D eigenvalue weighted by Crippen LogP contribution is -2.49. The van der Waals surface area contributed by atoms with Crippen LogP contribution in [0.1, 0.15) is 32.1 Å². The van der Waals surface area contributed by atoms with Gasteiger partial charge < -0.3 is 14.6 Å². The molecule has 2 heterocycles. The van der Waals surface area contributed by atoms with Gasteiger partial charge in [-0.3, -0.25) is 4.90 Å². The molecule has 19 heavy (non-hydrogen) atoms. The molecule has 0 aliphatic carbocycles. The SMILES string of the molecule is CC(C)NCc1occc1CN1CCN(C)CC1C. The van der Waals surface area contributed by atoms with Gasteiger partial charge >= 0.3 is 0 Å². The Labute approximate surface area is 116 Å². The maximum Gasteiger partial charge on any atom is 0.122 e. The van der Waals surface area contributed by atoms with Crippen LogP contribution in [0.4, 0.5) is 0 Å². The molecule has 1 unspecified atom stereocenters. The first-order valence-corrected chi connectivity index (χ1v) is 7.27. The van der Waals surface area contributed by atoms with E-state index in [0.717, 1.165) is 38.5 Å². The van der Waals surface area contributed by atoms with Crippen LogP contribution < -0.4 is 5.32 Å². The molecule has 1 fully saturated rings. The van der Waals surface area contributed by atoms with E-state index >= 15 is 0 Å². The monoisotopic (exact) mass is 265 g/mol. The van der Waals surface area contributed by atoms with Crippen LogP contribution >= 0.6 is 0 Å². The van der Waals surface area contributed by atoms with E-state index in [2.05, 4.69) is 49.0 Å². The smallest absolute Gasteiger partial charge is 0.122 e. The molecular weight excluding hydrogens is 238 g/mol.